The van der Waals surface area contributed by atoms with Gasteiger partial charge in [-0.2, -0.15) is 0 Å². The Bertz CT molecular complexity index is 1060. The van der Waals surface area contributed by atoms with E-state index >= 15 is 0 Å². The molecule has 2 N–H and O–H groups in total. The third kappa shape index (κ3) is 9.04. The predicted molar refractivity (Wildman–Crippen MR) is 153 cm³/mol. The Hall–Kier alpha value is -2.94. The van der Waals surface area contributed by atoms with Crippen LogP contribution in [-0.4, -0.2) is 40.8 Å². The fraction of sp³-hybridized carbons (Fsp3) is 0.677. The second-order valence-electron chi connectivity index (χ2n) is 12.3. The molecule has 40 heavy (non-hydrogen) atoms. The lowest BCUT2D eigenvalue weighted by Gasteiger charge is -2.34. The summed E-state index contributed by atoms with van der Waals surface area (Å²) in [7, 11) is 0. The zero-order chi connectivity index (χ0) is 31.1. The first-order valence-corrected chi connectivity index (χ1v) is 14.2. The fourth-order valence-corrected chi connectivity index (χ4v) is 3.21. The van der Waals surface area contributed by atoms with Gasteiger partial charge in [-0.3, -0.25) is 19.7 Å². The van der Waals surface area contributed by atoms with Crippen molar-refractivity contribution in [3.8, 4) is 11.5 Å². The van der Waals surface area contributed by atoms with E-state index in [1.54, 1.807) is 47.6 Å². The minimum absolute atomic E-state index is 0.0195. The largest absolute Gasteiger partial charge is 0.477 e. The topological polar surface area (TPSA) is 128 Å². The average Bonchev–Trinajstić information content (AvgIpc) is 2.88. The second kappa shape index (κ2) is 14.1. The Morgan fingerprint density at radius 1 is 0.850 bits per heavy atom. The monoisotopic (exact) mass is 563 g/mol. The van der Waals surface area contributed by atoms with Crippen molar-refractivity contribution in [2.45, 2.75) is 114 Å². The van der Waals surface area contributed by atoms with Gasteiger partial charge in [0.15, 0.2) is 11.5 Å². The molecule has 0 aliphatic heterocycles. The van der Waals surface area contributed by atoms with Crippen molar-refractivity contribution in [3.63, 3.8) is 0 Å². The third-order valence-electron chi connectivity index (χ3n) is 7.82. The average molecular weight is 564 g/mol. The summed E-state index contributed by atoms with van der Waals surface area (Å²) in [5.41, 5.74) is -3.27. The zero-order valence-electron chi connectivity index (χ0n) is 26.1. The quantitative estimate of drug-likeness (QED) is 0.152. The normalized spacial score (nSPS) is 15.1. The van der Waals surface area contributed by atoms with Gasteiger partial charge in [0.1, 0.15) is 0 Å². The van der Waals surface area contributed by atoms with Crippen LogP contribution in [0.25, 0.3) is 0 Å². The summed E-state index contributed by atoms with van der Waals surface area (Å²) in [5.74, 6) is -3.60. The molecule has 0 heterocycles. The van der Waals surface area contributed by atoms with E-state index in [-0.39, 0.29) is 29.9 Å². The Labute approximate surface area is 239 Å². The molecule has 0 aliphatic rings. The van der Waals surface area contributed by atoms with Crippen LogP contribution in [0.1, 0.15) is 101 Å². The molecule has 0 saturated carbocycles. The molecule has 1 aromatic rings. The molecule has 1 rings (SSSR count). The van der Waals surface area contributed by atoms with Gasteiger partial charge in [0.2, 0.25) is 0 Å². The van der Waals surface area contributed by atoms with E-state index in [4.69, 9.17) is 14.2 Å². The van der Waals surface area contributed by atoms with Gasteiger partial charge in [0.25, 0.3) is 5.72 Å². The molecular weight excluding hydrogens is 514 g/mol. The number of carboxylic acids is 1. The first-order valence-electron chi connectivity index (χ1n) is 14.2. The first kappa shape index (κ1) is 35.1. The van der Waals surface area contributed by atoms with Crippen molar-refractivity contribution in [1.82, 2.24) is 5.32 Å². The summed E-state index contributed by atoms with van der Waals surface area (Å²) in [6.07, 6.45) is 1.36. The summed E-state index contributed by atoms with van der Waals surface area (Å²) in [6, 6.07) is 4.20. The van der Waals surface area contributed by atoms with Gasteiger partial charge < -0.3 is 19.3 Å². The van der Waals surface area contributed by atoms with Crippen molar-refractivity contribution in [2.24, 2.45) is 22.7 Å². The lowest BCUT2D eigenvalue weighted by molar-refractivity contribution is -0.188. The van der Waals surface area contributed by atoms with Crippen LogP contribution in [0.4, 0.5) is 0 Å². The van der Waals surface area contributed by atoms with E-state index in [1.165, 1.54) is 12.1 Å². The molecular formula is C31H49NO8. The third-order valence-corrected chi connectivity index (χ3v) is 7.82. The number of nitrogens with one attached hydrogen (secondary N) is 1. The van der Waals surface area contributed by atoms with Gasteiger partial charge in [0, 0.05) is 12.5 Å². The van der Waals surface area contributed by atoms with Crippen LogP contribution in [0.15, 0.2) is 18.2 Å². The predicted octanol–water partition coefficient (Wildman–Crippen LogP) is 5.92. The molecule has 0 fully saturated rings. The number of hydrogen-bond acceptors (Lipinski definition) is 8. The molecule has 0 spiro atoms. The highest BCUT2D eigenvalue weighted by Crippen LogP contribution is 2.35. The summed E-state index contributed by atoms with van der Waals surface area (Å²) in [6.45, 7) is 19.8. The van der Waals surface area contributed by atoms with Gasteiger partial charge in [-0.25, -0.2) is 4.79 Å². The van der Waals surface area contributed by atoms with E-state index in [0.29, 0.717) is 24.8 Å². The van der Waals surface area contributed by atoms with Gasteiger partial charge >= 0.3 is 23.9 Å². The van der Waals surface area contributed by atoms with Crippen LogP contribution < -0.4 is 14.8 Å². The number of rotatable bonds is 15. The molecule has 9 heteroatoms. The molecule has 1 aromatic carbocycles. The van der Waals surface area contributed by atoms with E-state index in [0.717, 1.165) is 0 Å². The molecule has 0 aromatic heterocycles. The number of carbonyl (C=O) groups is 4. The molecule has 3 atom stereocenters. The first-order chi connectivity index (χ1) is 18.4. The van der Waals surface area contributed by atoms with E-state index < -0.39 is 46.4 Å². The van der Waals surface area contributed by atoms with Gasteiger partial charge in [-0.05, 0) is 77.5 Å². The molecule has 0 amide bonds. The van der Waals surface area contributed by atoms with E-state index in [2.05, 4.69) is 5.32 Å². The molecule has 0 bridgehead atoms. The molecule has 226 valence electrons. The van der Waals surface area contributed by atoms with Crippen molar-refractivity contribution in [2.75, 3.05) is 0 Å². The maximum atomic E-state index is 13.0. The molecule has 0 saturated heterocycles. The summed E-state index contributed by atoms with van der Waals surface area (Å²) in [4.78, 5) is 51.5. The van der Waals surface area contributed by atoms with Crippen LogP contribution in [0.2, 0.25) is 0 Å². The minimum Gasteiger partial charge on any atom is -0.477 e. The number of hydrogen-bond donors (Lipinski definition) is 2. The van der Waals surface area contributed by atoms with Crippen molar-refractivity contribution in [3.05, 3.63) is 23.8 Å². The Kier molecular flexibility index (Phi) is 12.4. The summed E-state index contributed by atoms with van der Waals surface area (Å²) < 4.78 is 17.1. The van der Waals surface area contributed by atoms with Gasteiger partial charge in [-0.15, -0.1) is 0 Å². The molecule has 2 unspecified atom stereocenters. The maximum absolute atomic E-state index is 13.0. The van der Waals surface area contributed by atoms with Crippen LogP contribution in [0.5, 0.6) is 11.5 Å². The van der Waals surface area contributed by atoms with E-state index in [1.807, 2.05) is 34.6 Å². The number of esters is 3. The van der Waals surface area contributed by atoms with Crippen molar-refractivity contribution >= 4 is 23.9 Å². The number of carbonyl (C=O) groups excluding carboxylic acids is 3. The Balaban J connectivity index is 3.64. The zero-order valence-corrected chi connectivity index (χ0v) is 26.1. The van der Waals surface area contributed by atoms with Crippen molar-refractivity contribution < 1.29 is 38.5 Å². The molecule has 0 aliphatic carbocycles. The highest BCUT2D eigenvalue weighted by Gasteiger charge is 2.45. The molecule has 9 nitrogen and oxygen atoms in total. The van der Waals surface area contributed by atoms with Gasteiger partial charge in [0.05, 0.1) is 16.7 Å². The number of benzene rings is 1. The highest BCUT2D eigenvalue weighted by atomic mass is 16.6. The fourth-order valence-electron chi connectivity index (χ4n) is 3.21. The van der Waals surface area contributed by atoms with Crippen LogP contribution in [-0.2, 0) is 30.3 Å². The maximum Gasteiger partial charge on any atom is 0.364 e. The van der Waals surface area contributed by atoms with Crippen LogP contribution >= 0.6 is 0 Å². The van der Waals surface area contributed by atoms with Crippen LogP contribution in [0.3, 0.4) is 0 Å². The summed E-state index contributed by atoms with van der Waals surface area (Å²) in [5, 5.41) is 13.3. The van der Waals surface area contributed by atoms with E-state index in [9.17, 15) is 24.3 Å². The SMILES string of the molecule is CCC(C)N[C@@](Cc1ccc(OC(=O)C(C)(C)CC)c(OC(=O)C(C)(C)CC)c1)(OC(=O)C(C)C(C)C)C(=O)O. The lowest BCUT2D eigenvalue weighted by Crippen LogP contribution is -2.60. The Morgan fingerprint density at radius 2 is 1.35 bits per heavy atom. The van der Waals surface area contributed by atoms with Crippen molar-refractivity contribution in [1.29, 1.82) is 0 Å². The number of ether oxygens (including phenoxy) is 3. The molecule has 0 radical (unpaired) electrons. The summed E-state index contributed by atoms with van der Waals surface area (Å²) >= 11 is 0. The standard InChI is InChI=1S/C31H49NO8/c1-12-20(6)32-31(26(34)35,40-25(33)21(7)19(4)5)18-22-15-16-23(38-27(36)29(8,9)13-2)24(17-22)39-28(37)30(10,11)14-3/h15-17,19-21,32H,12-14,18H2,1-11H3,(H,34,35)/t20?,21?,31-/m0/s1. The minimum atomic E-state index is -2.08. The smallest absolute Gasteiger partial charge is 0.364 e. The van der Waals surface area contributed by atoms with Crippen LogP contribution in [0, 0.1) is 22.7 Å². The lowest BCUT2D eigenvalue weighted by atomic mass is 9.90. The number of aliphatic carboxylic acids is 1. The second-order valence-corrected chi connectivity index (χ2v) is 12.3. The van der Waals surface area contributed by atoms with Gasteiger partial charge in [-0.1, -0.05) is 47.6 Å². The Morgan fingerprint density at radius 3 is 1.77 bits per heavy atom. The number of carboxylic acid groups (broad SMARTS) is 1. The highest BCUT2D eigenvalue weighted by molar-refractivity contribution is 5.83.